The number of hydrogen-bond donors (Lipinski definition) is 1. The molecule has 4 nitrogen and oxygen atoms in total. The molecule has 0 saturated carbocycles. The Morgan fingerprint density at radius 2 is 1.82 bits per heavy atom. The first kappa shape index (κ1) is 17.0. The van der Waals surface area contributed by atoms with Crippen LogP contribution in [0.15, 0.2) is 12.1 Å². The summed E-state index contributed by atoms with van der Waals surface area (Å²) in [6, 6.07) is 4.46. The van der Waals surface area contributed by atoms with E-state index < -0.39 is 0 Å². The van der Waals surface area contributed by atoms with Crippen LogP contribution in [-0.2, 0) is 11.3 Å². The molecule has 0 spiro atoms. The predicted octanol–water partition coefficient (Wildman–Crippen LogP) is 3.53. The number of ether oxygens (including phenoxy) is 1. The molecule has 0 bridgehead atoms. The summed E-state index contributed by atoms with van der Waals surface area (Å²) >= 11 is 0. The number of nitrogens with zero attached hydrogens (tertiary/aromatic N) is 2. The van der Waals surface area contributed by atoms with E-state index in [1.807, 2.05) is 0 Å². The largest absolute Gasteiger partial charge is 0.378 e. The average Bonchev–Trinajstić information content (AvgIpc) is 2.83. The number of aromatic nitrogens is 2. The van der Waals surface area contributed by atoms with Gasteiger partial charge in [0.25, 0.3) is 0 Å². The topological polar surface area (TPSA) is 53.1 Å². The van der Waals surface area contributed by atoms with E-state index >= 15 is 0 Å². The summed E-state index contributed by atoms with van der Waals surface area (Å²) in [7, 11) is 0. The van der Waals surface area contributed by atoms with Gasteiger partial charge in [-0.15, -0.1) is 0 Å². The molecule has 1 aromatic heterocycles. The Balaban J connectivity index is 2.42. The minimum atomic E-state index is 0.502. The molecule has 0 saturated heterocycles. The van der Waals surface area contributed by atoms with Crippen molar-refractivity contribution >= 4 is 11.0 Å². The predicted molar refractivity (Wildman–Crippen MR) is 92.4 cm³/mol. The highest BCUT2D eigenvalue weighted by molar-refractivity contribution is 5.78. The Kier molecular flexibility index (Phi) is 5.98. The van der Waals surface area contributed by atoms with Crippen LogP contribution in [0.4, 0.5) is 0 Å². The molecule has 0 fully saturated rings. The van der Waals surface area contributed by atoms with E-state index in [2.05, 4.69) is 44.4 Å². The fraction of sp³-hybridized carbons (Fsp3) is 0.611. The van der Waals surface area contributed by atoms with Gasteiger partial charge in [-0.2, -0.15) is 0 Å². The van der Waals surface area contributed by atoms with E-state index in [1.165, 1.54) is 22.5 Å². The second-order valence-electron chi connectivity index (χ2n) is 5.96. The lowest BCUT2D eigenvalue weighted by atomic mass is 10.0. The zero-order valence-electron chi connectivity index (χ0n) is 14.4. The number of fused-ring (bicyclic) bond motifs is 1. The lowest BCUT2D eigenvalue weighted by Gasteiger charge is -2.16. The maximum atomic E-state index is 5.59. The quantitative estimate of drug-likeness (QED) is 0.759. The van der Waals surface area contributed by atoms with Gasteiger partial charge in [0.2, 0.25) is 0 Å². The van der Waals surface area contributed by atoms with Gasteiger partial charge in [-0.1, -0.05) is 13.8 Å². The molecule has 0 unspecified atom stereocenters. The van der Waals surface area contributed by atoms with E-state index in [1.54, 1.807) is 0 Å². The molecule has 22 heavy (non-hydrogen) atoms. The van der Waals surface area contributed by atoms with Crippen LogP contribution in [0.1, 0.15) is 49.6 Å². The third kappa shape index (κ3) is 3.50. The van der Waals surface area contributed by atoms with E-state index in [0.29, 0.717) is 25.7 Å². The fourth-order valence-corrected chi connectivity index (χ4v) is 2.94. The molecule has 2 N–H and O–H groups in total. The summed E-state index contributed by atoms with van der Waals surface area (Å²) in [5.41, 5.74) is 10.4. The molecule has 1 aromatic carbocycles. The minimum absolute atomic E-state index is 0.502. The van der Waals surface area contributed by atoms with Crippen molar-refractivity contribution in [3.63, 3.8) is 0 Å². The normalized spacial score (nSPS) is 11.7. The summed E-state index contributed by atoms with van der Waals surface area (Å²) in [5, 5.41) is 0. The second-order valence-corrected chi connectivity index (χ2v) is 5.96. The Morgan fingerprint density at radius 3 is 2.45 bits per heavy atom. The number of aryl methyl sites for hydroxylation is 2. The van der Waals surface area contributed by atoms with E-state index in [9.17, 15) is 0 Å². The maximum absolute atomic E-state index is 5.59. The van der Waals surface area contributed by atoms with Crippen molar-refractivity contribution in [2.75, 3.05) is 19.8 Å². The van der Waals surface area contributed by atoms with Crippen LogP contribution in [-0.4, -0.2) is 29.3 Å². The van der Waals surface area contributed by atoms with Gasteiger partial charge in [-0.3, -0.25) is 0 Å². The Hall–Kier alpha value is -1.39. The smallest absolute Gasteiger partial charge is 0.113 e. The highest BCUT2D eigenvalue weighted by Crippen LogP contribution is 2.28. The van der Waals surface area contributed by atoms with Crippen LogP contribution >= 0.6 is 0 Å². The van der Waals surface area contributed by atoms with Crippen LogP contribution < -0.4 is 5.73 Å². The number of nitrogens with two attached hydrogens (primary N) is 1. The highest BCUT2D eigenvalue weighted by Gasteiger charge is 2.18. The molecule has 122 valence electrons. The minimum Gasteiger partial charge on any atom is -0.378 e. The van der Waals surface area contributed by atoms with Gasteiger partial charge in [0.1, 0.15) is 5.82 Å². The molecular formula is C18H29N3O. The number of imidazole rings is 1. The van der Waals surface area contributed by atoms with Crippen molar-refractivity contribution in [2.24, 2.45) is 5.73 Å². The monoisotopic (exact) mass is 303 g/mol. The summed E-state index contributed by atoms with van der Waals surface area (Å²) in [5.74, 6) is 1.70. The zero-order valence-corrected chi connectivity index (χ0v) is 14.4. The Morgan fingerprint density at radius 1 is 1.14 bits per heavy atom. The van der Waals surface area contributed by atoms with Crippen molar-refractivity contribution in [1.82, 2.24) is 9.55 Å². The molecule has 0 aliphatic rings. The van der Waals surface area contributed by atoms with Crippen molar-refractivity contribution in [3.05, 3.63) is 29.1 Å². The SMILES string of the molecule is CCC(CC)c1nc2cc(C)c(C)cc2n1CCOCCN. The van der Waals surface area contributed by atoms with Gasteiger partial charge in [0.15, 0.2) is 0 Å². The third-order valence-electron chi connectivity index (χ3n) is 4.47. The van der Waals surface area contributed by atoms with Gasteiger partial charge in [0, 0.05) is 19.0 Å². The second kappa shape index (κ2) is 7.75. The molecule has 0 aliphatic carbocycles. The van der Waals surface area contributed by atoms with Crippen LogP contribution in [0.3, 0.4) is 0 Å². The molecule has 0 radical (unpaired) electrons. The van der Waals surface area contributed by atoms with Gasteiger partial charge in [0.05, 0.1) is 24.2 Å². The van der Waals surface area contributed by atoms with Crippen molar-refractivity contribution in [1.29, 1.82) is 0 Å². The lowest BCUT2D eigenvalue weighted by molar-refractivity contribution is 0.133. The van der Waals surface area contributed by atoms with Gasteiger partial charge >= 0.3 is 0 Å². The molecular weight excluding hydrogens is 274 g/mol. The Labute approximate surface area is 133 Å². The van der Waals surface area contributed by atoms with E-state index in [-0.39, 0.29) is 0 Å². The molecule has 2 aromatic rings. The highest BCUT2D eigenvalue weighted by atomic mass is 16.5. The molecule has 0 aliphatic heterocycles. The average molecular weight is 303 g/mol. The first-order valence-electron chi connectivity index (χ1n) is 8.37. The summed E-state index contributed by atoms with van der Waals surface area (Å²) < 4.78 is 7.93. The molecule has 4 heteroatoms. The number of hydrogen-bond acceptors (Lipinski definition) is 3. The number of rotatable bonds is 8. The van der Waals surface area contributed by atoms with Crippen LogP contribution in [0.5, 0.6) is 0 Å². The van der Waals surface area contributed by atoms with E-state index in [0.717, 1.165) is 24.9 Å². The van der Waals surface area contributed by atoms with Gasteiger partial charge in [-0.25, -0.2) is 4.98 Å². The molecule has 2 rings (SSSR count). The maximum Gasteiger partial charge on any atom is 0.113 e. The van der Waals surface area contributed by atoms with Crippen LogP contribution in [0, 0.1) is 13.8 Å². The molecule has 1 heterocycles. The third-order valence-corrected chi connectivity index (χ3v) is 4.47. The fourth-order valence-electron chi connectivity index (χ4n) is 2.94. The standard InChI is InChI=1S/C18H29N3O/c1-5-15(6-2)18-20-16-11-13(3)14(4)12-17(16)21(18)8-10-22-9-7-19/h11-12,15H,5-10,19H2,1-4H3. The van der Waals surface area contributed by atoms with Gasteiger partial charge in [-0.05, 0) is 49.9 Å². The van der Waals surface area contributed by atoms with Crippen molar-refractivity contribution < 1.29 is 4.74 Å². The first-order chi connectivity index (χ1) is 10.6. The zero-order chi connectivity index (χ0) is 16.1. The first-order valence-corrected chi connectivity index (χ1v) is 8.37. The molecule has 0 atom stereocenters. The van der Waals surface area contributed by atoms with Crippen LogP contribution in [0.25, 0.3) is 11.0 Å². The molecule has 0 amide bonds. The number of benzene rings is 1. The van der Waals surface area contributed by atoms with Crippen LogP contribution in [0.2, 0.25) is 0 Å². The lowest BCUT2D eigenvalue weighted by Crippen LogP contribution is -2.15. The summed E-state index contributed by atoms with van der Waals surface area (Å²) in [6.45, 7) is 11.5. The van der Waals surface area contributed by atoms with Crippen molar-refractivity contribution in [2.45, 2.75) is 53.0 Å². The van der Waals surface area contributed by atoms with Crippen molar-refractivity contribution in [3.8, 4) is 0 Å². The summed E-state index contributed by atoms with van der Waals surface area (Å²) in [4.78, 5) is 4.94. The van der Waals surface area contributed by atoms with Gasteiger partial charge < -0.3 is 15.0 Å². The Bertz CT molecular complexity index is 614. The van der Waals surface area contributed by atoms with E-state index in [4.69, 9.17) is 15.5 Å². The summed E-state index contributed by atoms with van der Waals surface area (Å²) in [6.07, 6.45) is 2.23.